The topological polar surface area (TPSA) is 98.0 Å². The van der Waals surface area contributed by atoms with Gasteiger partial charge in [0.05, 0.1) is 5.52 Å². The minimum atomic E-state index is -1.08. The maximum Gasteiger partial charge on any atom is 0.323 e. The Bertz CT molecular complexity index is 1650. The number of halogens is 3. The predicted octanol–water partition coefficient (Wildman–Crippen LogP) is 7.04. The van der Waals surface area contributed by atoms with Crippen LogP contribution in [0.5, 0.6) is 11.5 Å². The molecule has 4 aromatic rings. The van der Waals surface area contributed by atoms with E-state index in [1.54, 1.807) is 47.9 Å². The third-order valence-corrected chi connectivity index (χ3v) is 6.77. The van der Waals surface area contributed by atoms with Crippen molar-refractivity contribution in [2.24, 2.45) is 0 Å². The summed E-state index contributed by atoms with van der Waals surface area (Å²) in [5, 5.41) is 18.8. The molecule has 0 atom stereocenters. The highest BCUT2D eigenvalue weighted by atomic mass is 19.1. The number of carbonyl (C=O) groups is 2. The molecule has 1 heterocycles. The highest BCUT2D eigenvalue weighted by Gasteiger charge is 2.21. The van der Waals surface area contributed by atoms with Crippen molar-refractivity contribution in [3.8, 4) is 11.5 Å². The Balaban J connectivity index is 1.44. The molecule has 0 saturated carbocycles. The molecule has 0 radical (unpaired) electrons. The maximum atomic E-state index is 15.1. The van der Waals surface area contributed by atoms with E-state index < -0.39 is 35.1 Å². The average Bonchev–Trinajstić information content (AvgIpc) is 3.23. The molecule has 10 heteroatoms. The number of carboxylic acids is 2. The number of hydrogen-bond donors (Lipinski definition) is 2. The highest BCUT2D eigenvalue weighted by molar-refractivity contribution is 5.95. The van der Waals surface area contributed by atoms with Gasteiger partial charge in [-0.15, -0.1) is 0 Å². The number of para-hydroxylation sites is 1. The molecule has 0 saturated heterocycles. The molecule has 0 aliphatic heterocycles. The van der Waals surface area contributed by atoms with E-state index in [0.29, 0.717) is 46.3 Å². The summed E-state index contributed by atoms with van der Waals surface area (Å²) in [6.07, 6.45) is 7.37. The first-order valence-electron chi connectivity index (χ1n) is 13.5. The Kier molecular flexibility index (Phi) is 10.3. The lowest BCUT2D eigenvalue weighted by Crippen LogP contribution is -2.10. The third-order valence-electron chi connectivity index (χ3n) is 6.77. The van der Waals surface area contributed by atoms with Gasteiger partial charge in [0, 0.05) is 17.5 Å². The second-order valence-electron chi connectivity index (χ2n) is 9.70. The van der Waals surface area contributed by atoms with Crippen LogP contribution < -0.4 is 9.47 Å². The molecule has 2 N–H and O–H groups in total. The molecule has 0 spiro atoms. The molecule has 0 unspecified atom stereocenters. The van der Waals surface area contributed by atoms with Crippen LogP contribution in [0.25, 0.3) is 23.1 Å². The number of nitrogens with zero attached hydrogens (tertiary/aromatic N) is 1. The minimum absolute atomic E-state index is 0.0270. The summed E-state index contributed by atoms with van der Waals surface area (Å²) in [5.41, 5.74) is 3.06. The SMILES string of the molecule is Cc1c(CCCC(=O)O)c2c(F)ccc(/C=C/c3ccc(OC/C=C/COc4c(F)cccc4F)cc3)c2n1CC(=O)O. The lowest BCUT2D eigenvalue weighted by Gasteiger charge is -2.08. The van der Waals surface area contributed by atoms with Crippen molar-refractivity contribution in [2.75, 3.05) is 13.2 Å². The van der Waals surface area contributed by atoms with E-state index in [-0.39, 0.29) is 26.2 Å². The van der Waals surface area contributed by atoms with E-state index in [1.165, 1.54) is 12.1 Å². The van der Waals surface area contributed by atoms with Gasteiger partial charge in [-0.1, -0.05) is 30.4 Å². The van der Waals surface area contributed by atoms with E-state index in [4.69, 9.17) is 14.6 Å². The highest BCUT2D eigenvalue weighted by Crippen LogP contribution is 2.33. The van der Waals surface area contributed by atoms with Gasteiger partial charge < -0.3 is 24.3 Å². The van der Waals surface area contributed by atoms with Crippen LogP contribution in [0.15, 0.2) is 66.7 Å². The molecular weight excluding hydrogens is 563 g/mol. The van der Waals surface area contributed by atoms with Crippen molar-refractivity contribution in [2.45, 2.75) is 32.7 Å². The summed E-state index contributed by atoms with van der Waals surface area (Å²) in [5.74, 6) is -3.91. The number of hydrogen-bond acceptors (Lipinski definition) is 4. The second kappa shape index (κ2) is 14.3. The van der Waals surface area contributed by atoms with Gasteiger partial charge >= 0.3 is 11.9 Å². The molecule has 4 rings (SSSR count). The van der Waals surface area contributed by atoms with Gasteiger partial charge in [0.25, 0.3) is 0 Å². The maximum absolute atomic E-state index is 15.1. The van der Waals surface area contributed by atoms with Crippen molar-refractivity contribution >= 4 is 35.0 Å². The number of aryl methyl sites for hydroxylation is 1. The van der Waals surface area contributed by atoms with Crippen molar-refractivity contribution in [1.29, 1.82) is 0 Å². The number of rotatable bonds is 14. The molecule has 0 aliphatic carbocycles. The first kappa shape index (κ1) is 31.0. The smallest absolute Gasteiger partial charge is 0.323 e. The van der Waals surface area contributed by atoms with Crippen molar-refractivity contribution < 1.29 is 42.4 Å². The van der Waals surface area contributed by atoms with Crippen LogP contribution in [0.3, 0.4) is 0 Å². The Hall–Kier alpha value is -4.99. The standard InChI is InChI=1S/C33H30F3NO6/c1-21-25(6-4-9-29(38)39)31-26(34)17-14-23(32(31)37(21)20-30(40)41)13-10-22-11-15-24(16-12-22)42-18-2-3-19-43-33-27(35)7-5-8-28(33)36/h2-3,5,7-8,10-17H,4,6,9,18-20H2,1H3,(H,38,39)(H,40,41)/b3-2+,13-10+. The zero-order valence-corrected chi connectivity index (χ0v) is 23.4. The summed E-state index contributed by atoms with van der Waals surface area (Å²) >= 11 is 0. The van der Waals surface area contributed by atoms with Crippen LogP contribution in [0, 0.1) is 24.4 Å². The Labute approximate surface area is 246 Å². The van der Waals surface area contributed by atoms with Crippen molar-refractivity contribution in [1.82, 2.24) is 4.57 Å². The van der Waals surface area contributed by atoms with Crippen LogP contribution >= 0.6 is 0 Å². The van der Waals surface area contributed by atoms with Gasteiger partial charge in [-0.25, -0.2) is 13.2 Å². The van der Waals surface area contributed by atoms with E-state index in [9.17, 15) is 23.5 Å². The van der Waals surface area contributed by atoms with Crippen LogP contribution in [-0.2, 0) is 22.6 Å². The van der Waals surface area contributed by atoms with E-state index in [0.717, 1.165) is 17.7 Å². The first-order valence-corrected chi connectivity index (χ1v) is 13.5. The zero-order chi connectivity index (χ0) is 30.9. The van der Waals surface area contributed by atoms with E-state index in [2.05, 4.69) is 0 Å². The summed E-state index contributed by atoms with van der Waals surface area (Å²) in [7, 11) is 0. The third kappa shape index (κ3) is 7.85. The zero-order valence-electron chi connectivity index (χ0n) is 23.4. The number of ether oxygens (including phenoxy) is 2. The lowest BCUT2D eigenvalue weighted by molar-refractivity contribution is -0.138. The molecule has 0 amide bonds. The Morgan fingerprint density at radius 3 is 2.16 bits per heavy atom. The van der Waals surface area contributed by atoms with E-state index in [1.807, 2.05) is 18.2 Å². The first-order chi connectivity index (χ1) is 20.7. The van der Waals surface area contributed by atoms with Crippen molar-refractivity contribution in [3.05, 3.63) is 107 Å². The number of benzene rings is 3. The molecule has 0 fully saturated rings. The normalized spacial score (nSPS) is 11.5. The number of aromatic nitrogens is 1. The fourth-order valence-corrected chi connectivity index (χ4v) is 4.76. The number of aliphatic carboxylic acids is 2. The molecule has 0 aliphatic rings. The van der Waals surface area contributed by atoms with E-state index >= 15 is 4.39 Å². The van der Waals surface area contributed by atoms with Gasteiger partial charge in [0.2, 0.25) is 0 Å². The summed E-state index contributed by atoms with van der Waals surface area (Å²) in [4.78, 5) is 22.6. The Morgan fingerprint density at radius 2 is 1.51 bits per heavy atom. The summed E-state index contributed by atoms with van der Waals surface area (Å²) in [6, 6.07) is 13.6. The molecule has 43 heavy (non-hydrogen) atoms. The monoisotopic (exact) mass is 593 g/mol. The largest absolute Gasteiger partial charge is 0.490 e. The molecule has 224 valence electrons. The molecule has 1 aromatic heterocycles. The van der Waals surface area contributed by atoms with Gasteiger partial charge in [-0.05, 0) is 85.0 Å². The molecule has 3 aromatic carbocycles. The van der Waals surface area contributed by atoms with Gasteiger partial charge in [0.1, 0.15) is 31.3 Å². The lowest BCUT2D eigenvalue weighted by atomic mass is 10.0. The molecular formula is C33H30F3NO6. The van der Waals surface area contributed by atoms with Crippen LogP contribution in [-0.4, -0.2) is 39.9 Å². The van der Waals surface area contributed by atoms with Crippen LogP contribution in [0.1, 0.15) is 35.2 Å². The van der Waals surface area contributed by atoms with Gasteiger partial charge in [0.15, 0.2) is 17.4 Å². The van der Waals surface area contributed by atoms with Gasteiger partial charge in [-0.3, -0.25) is 9.59 Å². The summed E-state index contributed by atoms with van der Waals surface area (Å²) < 4.78 is 54.6. The second-order valence-corrected chi connectivity index (χ2v) is 9.70. The predicted molar refractivity (Wildman–Crippen MR) is 157 cm³/mol. The van der Waals surface area contributed by atoms with Crippen LogP contribution in [0.2, 0.25) is 0 Å². The number of carboxylic acid groups (broad SMARTS) is 2. The van der Waals surface area contributed by atoms with Crippen molar-refractivity contribution in [3.63, 3.8) is 0 Å². The number of fused-ring (bicyclic) bond motifs is 1. The molecule has 7 nitrogen and oxygen atoms in total. The Morgan fingerprint density at radius 1 is 0.837 bits per heavy atom. The average molecular weight is 594 g/mol. The minimum Gasteiger partial charge on any atom is -0.490 e. The molecule has 0 bridgehead atoms. The summed E-state index contributed by atoms with van der Waals surface area (Å²) in [6.45, 7) is 1.54. The van der Waals surface area contributed by atoms with Crippen LogP contribution in [0.4, 0.5) is 13.2 Å². The fourth-order valence-electron chi connectivity index (χ4n) is 4.76. The quantitative estimate of drug-likeness (QED) is 0.120. The fraction of sp³-hybridized carbons (Fsp3) is 0.212. The van der Waals surface area contributed by atoms with Gasteiger partial charge in [-0.2, -0.15) is 0 Å².